The first-order chi connectivity index (χ1) is 11.5. The number of nitriles is 1. The molecule has 0 aliphatic heterocycles. The van der Waals surface area contributed by atoms with Gasteiger partial charge in [-0.25, -0.2) is 0 Å². The average molecular weight is 359 g/mol. The van der Waals surface area contributed by atoms with E-state index in [1.54, 1.807) is 4.90 Å². The Morgan fingerprint density at radius 2 is 1.88 bits per heavy atom. The summed E-state index contributed by atoms with van der Waals surface area (Å²) in [4.78, 5) is 15.3. The van der Waals surface area contributed by atoms with Gasteiger partial charge in [-0.1, -0.05) is 17.7 Å². The second-order valence-electron chi connectivity index (χ2n) is 5.46. The number of aryl methyl sites for hydroxylation is 2. The van der Waals surface area contributed by atoms with Crippen LogP contribution in [0.2, 0.25) is 5.02 Å². The highest BCUT2D eigenvalue weighted by molar-refractivity contribution is 8.00. The summed E-state index contributed by atoms with van der Waals surface area (Å²) in [5.74, 6) is 0.313. The lowest BCUT2D eigenvalue weighted by Gasteiger charge is -2.22. The van der Waals surface area contributed by atoms with Gasteiger partial charge in [0.1, 0.15) is 0 Å². The molecule has 2 aromatic rings. The molecule has 0 saturated heterocycles. The maximum atomic E-state index is 12.7. The molecule has 0 aliphatic carbocycles. The summed E-state index contributed by atoms with van der Waals surface area (Å²) in [6.07, 6.45) is 0.310. The maximum Gasteiger partial charge on any atom is 0.237 e. The van der Waals surface area contributed by atoms with Crippen LogP contribution in [0.4, 0.5) is 5.69 Å². The molecular formula is C19H19ClN2OS. The van der Waals surface area contributed by atoms with Gasteiger partial charge in [0, 0.05) is 22.2 Å². The third kappa shape index (κ3) is 5.02. The molecule has 0 unspecified atom stereocenters. The monoisotopic (exact) mass is 358 g/mol. The topological polar surface area (TPSA) is 44.1 Å². The molecule has 2 aromatic carbocycles. The predicted molar refractivity (Wildman–Crippen MR) is 101 cm³/mol. The zero-order chi connectivity index (χ0) is 17.5. The Morgan fingerprint density at radius 3 is 2.50 bits per heavy atom. The van der Waals surface area contributed by atoms with Crippen molar-refractivity contribution in [3.63, 3.8) is 0 Å². The smallest absolute Gasteiger partial charge is 0.237 e. The van der Waals surface area contributed by atoms with E-state index in [2.05, 4.69) is 6.07 Å². The molecule has 5 heteroatoms. The lowest BCUT2D eigenvalue weighted by atomic mass is 10.1. The first kappa shape index (κ1) is 18.4. The maximum absolute atomic E-state index is 12.7. The molecule has 24 heavy (non-hydrogen) atoms. The Bertz CT molecular complexity index is 753. The number of hydrogen-bond acceptors (Lipinski definition) is 3. The standard InChI is InChI=1S/C19H19ClN2OS/c1-14-4-7-17(12-15(14)2)22(11-3-10-21)19(23)13-24-18-8-5-16(20)6-9-18/h4-9,12H,3,11,13H2,1-2H3. The van der Waals surface area contributed by atoms with E-state index in [9.17, 15) is 4.79 Å². The number of nitrogens with zero attached hydrogens (tertiary/aromatic N) is 2. The van der Waals surface area contributed by atoms with Gasteiger partial charge in [0.05, 0.1) is 18.2 Å². The summed E-state index contributed by atoms with van der Waals surface area (Å²) in [7, 11) is 0. The molecular weight excluding hydrogens is 340 g/mol. The van der Waals surface area contributed by atoms with Crippen LogP contribution in [0.25, 0.3) is 0 Å². The van der Waals surface area contributed by atoms with Crippen molar-refractivity contribution in [3.8, 4) is 6.07 Å². The van der Waals surface area contributed by atoms with Crippen molar-refractivity contribution >= 4 is 35.0 Å². The third-order valence-corrected chi connectivity index (χ3v) is 4.98. The van der Waals surface area contributed by atoms with Crippen LogP contribution in [0.3, 0.4) is 0 Å². The van der Waals surface area contributed by atoms with Gasteiger partial charge in [-0.2, -0.15) is 5.26 Å². The minimum atomic E-state index is -0.00606. The molecule has 0 aliphatic rings. The lowest BCUT2D eigenvalue weighted by molar-refractivity contribution is -0.116. The van der Waals surface area contributed by atoms with Gasteiger partial charge in [0.25, 0.3) is 0 Å². The number of benzene rings is 2. The predicted octanol–water partition coefficient (Wildman–Crippen LogP) is 5.00. The number of carbonyl (C=O) groups excluding carboxylic acids is 1. The van der Waals surface area contributed by atoms with E-state index in [1.807, 2.05) is 56.3 Å². The number of carbonyl (C=O) groups is 1. The van der Waals surface area contributed by atoms with Crippen LogP contribution >= 0.6 is 23.4 Å². The van der Waals surface area contributed by atoms with E-state index >= 15 is 0 Å². The van der Waals surface area contributed by atoms with E-state index in [0.29, 0.717) is 23.7 Å². The van der Waals surface area contributed by atoms with Crippen molar-refractivity contribution in [2.75, 3.05) is 17.2 Å². The quantitative estimate of drug-likeness (QED) is 0.683. The highest BCUT2D eigenvalue weighted by Gasteiger charge is 2.16. The van der Waals surface area contributed by atoms with Crippen LogP contribution in [0, 0.1) is 25.2 Å². The number of amides is 1. The Kier molecular flexibility index (Phi) is 6.72. The van der Waals surface area contributed by atoms with Crippen molar-refractivity contribution in [1.29, 1.82) is 5.26 Å². The van der Waals surface area contributed by atoms with Crippen molar-refractivity contribution in [2.45, 2.75) is 25.2 Å². The van der Waals surface area contributed by atoms with Crippen LogP contribution in [-0.2, 0) is 4.79 Å². The summed E-state index contributed by atoms with van der Waals surface area (Å²) in [6, 6.07) is 15.5. The Labute approximate surface area is 152 Å². The van der Waals surface area contributed by atoms with Gasteiger partial charge in [-0.05, 0) is 61.4 Å². The van der Waals surface area contributed by atoms with Gasteiger partial charge in [0.15, 0.2) is 0 Å². The van der Waals surface area contributed by atoms with E-state index in [0.717, 1.165) is 16.1 Å². The Hall–Kier alpha value is -1.96. The summed E-state index contributed by atoms with van der Waals surface area (Å²) in [6.45, 7) is 4.46. The van der Waals surface area contributed by atoms with Crippen LogP contribution in [0.1, 0.15) is 17.5 Å². The van der Waals surface area contributed by atoms with Gasteiger partial charge in [0.2, 0.25) is 5.91 Å². The second-order valence-corrected chi connectivity index (χ2v) is 6.95. The van der Waals surface area contributed by atoms with Crippen LogP contribution in [0.5, 0.6) is 0 Å². The van der Waals surface area contributed by atoms with Crippen LogP contribution in [-0.4, -0.2) is 18.2 Å². The van der Waals surface area contributed by atoms with E-state index in [4.69, 9.17) is 16.9 Å². The van der Waals surface area contributed by atoms with Crippen LogP contribution < -0.4 is 4.90 Å². The zero-order valence-electron chi connectivity index (χ0n) is 13.8. The zero-order valence-corrected chi connectivity index (χ0v) is 15.3. The Morgan fingerprint density at radius 1 is 1.17 bits per heavy atom. The molecule has 0 fully saturated rings. The molecule has 0 radical (unpaired) electrons. The molecule has 0 atom stereocenters. The average Bonchev–Trinajstić information content (AvgIpc) is 2.57. The summed E-state index contributed by atoms with van der Waals surface area (Å²) < 4.78 is 0. The molecule has 1 amide bonds. The highest BCUT2D eigenvalue weighted by atomic mass is 35.5. The normalized spacial score (nSPS) is 10.2. The Balaban J connectivity index is 2.11. The molecule has 0 spiro atoms. The van der Waals surface area contributed by atoms with Crippen molar-refractivity contribution in [2.24, 2.45) is 0 Å². The lowest BCUT2D eigenvalue weighted by Crippen LogP contribution is -2.33. The molecule has 0 aromatic heterocycles. The van der Waals surface area contributed by atoms with Gasteiger partial charge in [-0.15, -0.1) is 11.8 Å². The number of anilines is 1. The number of hydrogen-bond donors (Lipinski definition) is 0. The highest BCUT2D eigenvalue weighted by Crippen LogP contribution is 2.24. The first-order valence-electron chi connectivity index (χ1n) is 7.64. The fourth-order valence-corrected chi connectivity index (χ4v) is 3.11. The van der Waals surface area contributed by atoms with Crippen LogP contribution in [0.15, 0.2) is 47.4 Å². The van der Waals surface area contributed by atoms with E-state index < -0.39 is 0 Å². The van der Waals surface area contributed by atoms with Gasteiger partial charge >= 0.3 is 0 Å². The SMILES string of the molecule is Cc1ccc(N(CCC#N)C(=O)CSc2ccc(Cl)cc2)cc1C. The molecule has 3 nitrogen and oxygen atoms in total. The van der Waals surface area contributed by atoms with Gasteiger partial charge < -0.3 is 4.90 Å². The van der Waals surface area contributed by atoms with E-state index in [1.165, 1.54) is 17.3 Å². The third-order valence-electron chi connectivity index (χ3n) is 3.73. The van der Waals surface area contributed by atoms with Crippen molar-refractivity contribution < 1.29 is 4.79 Å². The molecule has 0 N–H and O–H groups in total. The fraction of sp³-hybridized carbons (Fsp3) is 0.263. The summed E-state index contributed by atoms with van der Waals surface area (Å²) in [5, 5.41) is 9.55. The fourth-order valence-electron chi connectivity index (χ4n) is 2.21. The van der Waals surface area contributed by atoms with Crippen molar-refractivity contribution in [3.05, 3.63) is 58.6 Å². The first-order valence-corrected chi connectivity index (χ1v) is 9.00. The number of rotatable bonds is 6. The molecule has 2 rings (SSSR count). The van der Waals surface area contributed by atoms with Crippen molar-refractivity contribution in [1.82, 2.24) is 0 Å². The summed E-state index contributed by atoms with van der Waals surface area (Å²) in [5.41, 5.74) is 3.16. The number of halogens is 1. The minimum Gasteiger partial charge on any atom is -0.311 e. The summed E-state index contributed by atoms with van der Waals surface area (Å²) >= 11 is 7.34. The molecule has 0 heterocycles. The molecule has 0 saturated carbocycles. The molecule has 0 bridgehead atoms. The van der Waals surface area contributed by atoms with E-state index in [-0.39, 0.29) is 5.91 Å². The van der Waals surface area contributed by atoms with Gasteiger partial charge in [-0.3, -0.25) is 4.79 Å². The number of thioether (sulfide) groups is 1. The second kappa shape index (κ2) is 8.77. The minimum absolute atomic E-state index is 0.00606. The molecule has 124 valence electrons. The largest absolute Gasteiger partial charge is 0.311 e.